The van der Waals surface area contributed by atoms with Crippen molar-refractivity contribution in [3.63, 3.8) is 0 Å². The Hall–Kier alpha value is -0.860. The smallest absolute Gasteiger partial charge is 0.207 e. The van der Waals surface area contributed by atoms with E-state index in [9.17, 15) is 4.39 Å². The van der Waals surface area contributed by atoms with Gasteiger partial charge < -0.3 is 0 Å². The lowest BCUT2D eigenvalue weighted by molar-refractivity contribution is -0.700. The molecule has 1 unspecified atom stereocenters. The van der Waals surface area contributed by atoms with Gasteiger partial charge in [-0.25, -0.2) is 9.13 Å². The fourth-order valence-corrected chi connectivity index (χ4v) is 1.00. The van der Waals surface area contributed by atoms with Crippen LogP contribution < -0.4 is 4.57 Å². The topological polar surface area (TPSA) is 8.81 Å². The number of nitrogens with zero attached hydrogens (tertiary/aromatic N) is 2. The number of rotatable bonds is 2. The summed E-state index contributed by atoms with van der Waals surface area (Å²) < 4.78 is 16.2. The zero-order chi connectivity index (χ0) is 8.43. The van der Waals surface area contributed by atoms with Gasteiger partial charge in [0.2, 0.25) is 0 Å². The molecular weight excluding hydrogens is 143 g/mol. The molecule has 0 N–H and O–H groups in total. The van der Waals surface area contributed by atoms with Gasteiger partial charge in [-0.2, -0.15) is 0 Å². The van der Waals surface area contributed by atoms with E-state index < -0.39 is 0 Å². The van der Waals surface area contributed by atoms with Gasteiger partial charge >= 0.3 is 6.08 Å². The van der Waals surface area contributed by atoms with Crippen molar-refractivity contribution in [2.45, 2.75) is 26.3 Å². The van der Waals surface area contributed by atoms with E-state index in [1.54, 1.807) is 24.0 Å². The van der Waals surface area contributed by atoms with Crippen molar-refractivity contribution in [3.8, 4) is 0 Å². The second-order valence-electron chi connectivity index (χ2n) is 2.84. The van der Waals surface area contributed by atoms with Crippen molar-refractivity contribution >= 4 is 0 Å². The molecule has 2 nitrogen and oxygen atoms in total. The molecule has 1 rings (SSSR count). The van der Waals surface area contributed by atoms with E-state index in [0.717, 1.165) is 6.42 Å². The Balaban J connectivity index is 2.94. The Morgan fingerprint density at radius 3 is 2.73 bits per heavy atom. The third-order valence-corrected chi connectivity index (χ3v) is 2.02. The van der Waals surface area contributed by atoms with Gasteiger partial charge in [0.15, 0.2) is 0 Å². The van der Waals surface area contributed by atoms with Crippen molar-refractivity contribution in [2.75, 3.05) is 0 Å². The maximum absolute atomic E-state index is 13.1. The third-order valence-electron chi connectivity index (χ3n) is 2.02. The Bertz CT molecular complexity index is 242. The molecule has 0 spiro atoms. The molecule has 0 bridgehead atoms. The lowest BCUT2D eigenvalue weighted by Gasteiger charge is -2.02. The molecule has 0 amide bonds. The Morgan fingerprint density at radius 2 is 2.36 bits per heavy atom. The van der Waals surface area contributed by atoms with Crippen molar-refractivity contribution < 1.29 is 8.96 Å². The molecule has 0 fully saturated rings. The molecule has 0 saturated heterocycles. The van der Waals surface area contributed by atoms with Gasteiger partial charge in [-0.15, -0.1) is 4.39 Å². The van der Waals surface area contributed by atoms with Crippen LogP contribution in [0.4, 0.5) is 4.39 Å². The first kappa shape index (κ1) is 8.24. The molecule has 0 aliphatic carbocycles. The summed E-state index contributed by atoms with van der Waals surface area (Å²) in [7, 11) is 1.70. The zero-order valence-electron chi connectivity index (χ0n) is 7.21. The van der Waals surface area contributed by atoms with Gasteiger partial charge in [0.25, 0.3) is 0 Å². The number of aryl methyl sites for hydroxylation is 1. The summed E-state index contributed by atoms with van der Waals surface area (Å²) in [6.45, 7) is 4.05. The van der Waals surface area contributed by atoms with Crippen LogP contribution in [0.25, 0.3) is 0 Å². The van der Waals surface area contributed by atoms with Gasteiger partial charge in [-0.3, -0.25) is 0 Å². The van der Waals surface area contributed by atoms with Gasteiger partial charge in [0, 0.05) is 0 Å². The quantitative estimate of drug-likeness (QED) is 0.574. The molecule has 3 heteroatoms. The first-order chi connectivity index (χ1) is 5.16. The highest BCUT2D eigenvalue weighted by Gasteiger charge is 2.17. The van der Waals surface area contributed by atoms with Crippen LogP contribution in [0.1, 0.15) is 26.3 Å². The van der Waals surface area contributed by atoms with Crippen LogP contribution in [0.3, 0.4) is 0 Å². The number of halogens is 1. The largest absolute Gasteiger partial charge is 0.445 e. The first-order valence-electron chi connectivity index (χ1n) is 3.88. The SMILES string of the molecule is CCC(C)n1cc[n+](C)c1F. The number of hydrogen-bond acceptors (Lipinski definition) is 0. The van der Waals surface area contributed by atoms with Crippen LogP contribution in [0, 0.1) is 6.08 Å². The molecule has 0 aromatic carbocycles. The predicted octanol–water partition coefficient (Wildman–Crippen LogP) is 1.42. The summed E-state index contributed by atoms with van der Waals surface area (Å²) in [6.07, 6.45) is 4.26. The second kappa shape index (κ2) is 3.03. The Labute approximate surface area is 66.3 Å². The molecule has 1 aromatic heterocycles. The van der Waals surface area contributed by atoms with Gasteiger partial charge in [-0.05, 0) is 13.3 Å². The lowest BCUT2D eigenvalue weighted by Crippen LogP contribution is -2.31. The highest BCUT2D eigenvalue weighted by Crippen LogP contribution is 2.09. The van der Waals surface area contributed by atoms with E-state index in [2.05, 4.69) is 0 Å². The van der Waals surface area contributed by atoms with Crippen LogP contribution in [0.2, 0.25) is 0 Å². The maximum Gasteiger partial charge on any atom is 0.445 e. The van der Waals surface area contributed by atoms with Crippen molar-refractivity contribution in [3.05, 3.63) is 18.5 Å². The average molecular weight is 157 g/mol. The van der Waals surface area contributed by atoms with Crippen LogP contribution >= 0.6 is 0 Å². The van der Waals surface area contributed by atoms with Crippen molar-refractivity contribution in [2.24, 2.45) is 7.05 Å². The molecule has 0 saturated carbocycles. The lowest BCUT2D eigenvalue weighted by atomic mass is 10.3. The second-order valence-corrected chi connectivity index (χ2v) is 2.84. The predicted molar refractivity (Wildman–Crippen MR) is 40.6 cm³/mol. The van der Waals surface area contributed by atoms with E-state index in [1.165, 1.54) is 4.57 Å². The summed E-state index contributed by atoms with van der Waals surface area (Å²) in [5.74, 6) is 0. The third kappa shape index (κ3) is 1.42. The molecule has 62 valence electrons. The van der Waals surface area contributed by atoms with Gasteiger partial charge in [0.1, 0.15) is 18.4 Å². The fraction of sp³-hybridized carbons (Fsp3) is 0.625. The van der Waals surface area contributed by atoms with Crippen molar-refractivity contribution in [1.82, 2.24) is 4.57 Å². The normalized spacial score (nSPS) is 13.5. The van der Waals surface area contributed by atoms with Crippen LogP contribution in [0.15, 0.2) is 12.4 Å². The molecule has 11 heavy (non-hydrogen) atoms. The molecule has 0 aliphatic heterocycles. The highest BCUT2D eigenvalue weighted by atomic mass is 19.1. The minimum atomic E-state index is -0.181. The minimum absolute atomic E-state index is 0.181. The molecule has 1 aromatic rings. The standard InChI is InChI=1S/C8H14FN2/c1-4-7(2)11-6-5-10(3)8(11)9/h5-7H,4H2,1-3H3/q+1. The Morgan fingerprint density at radius 1 is 1.73 bits per heavy atom. The molecule has 1 heterocycles. The molecule has 0 aliphatic rings. The van der Waals surface area contributed by atoms with E-state index >= 15 is 0 Å². The van der Waals surface area contributed by atoms with E-state index in [1.807, 2.05) is 13.8 Å². The maximum atomic E-state index is 13.1. The summed E-state index contributed by atoms with van der Waals surface area (Å²) in [4.78, 5) is 0. The van der Waals surface area contributed by atoms with E-state index in [4.69, 9.17) is 0 Å². The van der Waals surface area contributed by atoms with E-state index in [0.29, 0.717) is 0 Å². The molecular formula is C8H14FN2+. The summed E-state index contributed by atoms with van der Waals surface area (Å²) in [6, 6.07) is 0.246. The van der Waals surface area contributed by atoms with E-state index in [-0.39, 0.29) is 12.1 Å². The van der Waals surface area contributed by atoms with Crippen LogP contribution in [-0.2, 0) is 7.05 Å². The molecule has 0 radical (unpaired) electrons. The molecule has 1 atom stereocenters. The first-order valence-corrected chi connectivity index (χ1v) is 3.88. The Kier molecular flexibility index (Phi) is 2.27. The number of aromatic nitrogens is 2. The minimum Gasteiger partial charge on any atom is -0.207 e. The summed E-state index contributed by atoms with van der Waals surface area (Å²) in [5.41, 5.74) is 0. The van der Waals surface area contributed by atoms with Crippen molar-refractivity contribution in [1.29, 1.82) is 0 Å². The van der Waals surface area contributed by atoms with Crippen LogP contribution in [-0.4, -0.2) is 4.57 Å². The number of imidazole rings is 1. The zero-order valence-corrected chi connectivity index (χ0v) is 7.21. The highest BCUT2D eigenvalue weighted by molar-refractivity contribution is 4.73. The summed E-state index contributed by atoms with van der Waals surface area (Å²) >= 11 is 0. The van der Waals surface area contributed by atoms with Crippen LogP contribution in [0.5, 0.6) is 0 Å². The average Bonchev–Trinajstić information content (AvgIpc) is 2.32. The van der Waals surface area contributed by atoms with Gasteiger partial charge in [0.05, 0.1) is 7.05 Å². The van der Waals surface area contributed by atoms with Gasteiger partial charge in [-0.1, -0.05) is 6.92 Å². The summed E-state index contributed by atoms with van der Waals surface area (Å²) in [5, 5.41) is 0. The monoisotopic (exact) mass is 157 g/mol. The fourth-order valence-electron chi connectivity index (χ4n) is 1.00. The number of hydrogen-bond donors (Lipinski definition) is 0.